The van der Waals surface area contributed by atoms with Gasteiger partial charge in [-0.3, -0.25) is 20.4 Å². The molecule has 4 aromatic rings. The first-order valence-corrected chi connectivity index (χ1v) is 12.2. The van der Waals surface area contributed by atoms with E-state index in [0.29, 0.717) is 0 Å². The lowest BCUT2D eigenvalue weighted by molar-refractivity contribution is 0.0843. The Morgan fingerprint density at radius 2 is 1.49 bits per heavy atom. The monoisotopic (exact) mass is 489 g/mol. The van der Waals surface area contributed by atoms with Crippen LogP contribution < -0.4 is 15.6 Å². The molecule has 0 aliphatic heterocycles. The number of benzene rings is 3. The zero-order valence-electron chi connectivity index (χ0n) is 18.8. The summed E-state index contributed by atoms with van der Waals surface area (Å²) in [7, 11) is -3.85. The van der Waals surface area contributed by atoms with E-state index in [1.165, 1.54) is 24.3 Å². The summed E-state index contributed by atoms with van der Waals surface area (Å²) in [6.07, 6.45) is 0. The van der Waals surface area contributed by atoms with Crippen LogP contribution in [-0.4, -0.2) is 30.0 Å². The van der Waals surface area contributed by atoms with Crippen LogP contribution in [0.2, 0.25) is 0 Å². The fourth-order valence-corrected chi connectivity index (χ4v) is 4.39. The van der Waals surface area contributed by atoms with Crippen molar-refractivity contribution in [1.82, 2.24) is 25.4 Å². The van der Waals surface area contributed by atoms with Crippen molar-refractivity contribution in [2.75, 3.05) is 0 Å². The van der Waals surface area contributed by atoms with E-state index in [0.717, 1.165) is 16.9 Å². The maximum Gasteiger partial charge on any atom is 0.290 e. The Bertz CT molecular complexity index is 1450. The van der Waals surface area contributed by atoms with Crippen LogP contribution in [0.15, 0.2) is 95.9 Å². The molecule has 3 aromatic carbocycles. The fourth-order valence-electron chi connectivity index (χ4n) is 3.33. The molecule has 0 fully saturated rings. The van der Waals surface area contributed by atoms with Crippen molar-refractivity contribution in [3.05, 3.63) is 114 Å². The van der Waals surface area contributed by atoms with Crippen molar-refractivity contribution in [2.24, 2.45) is 0 Å². The Kier molecular flexibility index (Phi) is 7.04. The van der Waals surface area contributed by atoms with Gasteiger partial charge in [0.1, 0.15) is 0 Å². The molecule has 10 heteroatoms. The number of aryl methyl sites for hydroxylation is 1. The molecule has 178 valence electrons. The van der Waals surface area contributed by atoms with Crippen LogP contribution in [0.1, 0.15) is 32.1 Å². The molecular weight excluding hydrogens is 466 g/mol. The van der Waals surface area contributed by atoms with Crippen LogP contribution >= 0.6 is 0 Å². The largest absolute Gasteiger partial charge is 0.290 e. The average Bonchev–Trinajstić information content (AvgIpc) is 3.29. The fraction of sp³-hybridized carbons (Fsp3) is 0.0800. The highest BCUT2D eigenvalue weighted by Crippen LogP contribution is 2.13. The van der Waals surface area contributed by atoms with E-state index in [2.05, 4.69) is 20.7 Å². The quantitative estimate of drug-likeness (QED) is 0.345. The molecule has 0 radical (unpaired) electrons. The van der Waals surface area contributed by atoms with Crippen LogP contribution in [0.3, 0.4) is 0 Å². The Labute approximate surface area is 202 Å². The van der Waals surface area contributed by atoms with Gasteiger partial charge in [0.05, 0.1) is 10.6 Å². The molecular formula is C25H23N5O4S. The Hall–Kier alpha value is -4.28. The minimum atomic E-state index is -3.85. The molecule has 9 nitrogen and oxygen atoms in total. The number of carbonyl (C=O) groups is 2. The van der Waals surface area contributed by atoms with Gasteiger partial charge in [0.15, 0.2) is 5.69 Å². The summed E-state index contributed by atoms with van der Waals surface area (Å²) >= 11 is 0. The standard InChI is InChI=1S/C25H23N5O4S/c1-18-15-23(29-30(18)21-12-6-3-7-13-21)25(32)28-27-24(31)20-11-8-14-22(16-20)35(33,34)26-17-19-9-4-2-5-10-19/h2-16,26H,17H2,1H3,(H,27,31)(H,28,32). The summed E-state index contributed by atoms with van der Waals surface area (Å²) < 4.78 is 29.4. The zero-order valence-corrected chi connectivity index (χ0v) is 19.6. The highest BCUT2D eigenvalue weighted by Gasteiger charge is 2.18. The van der Waals surface area contributed by atoms with Gasteiger partial charge in [-0.25, -0.2) is 17.8 Å². The van der Waals surface area contributed by atoms with Gasteiger partial charge >= 0.3 is 0 Å². The maximum atomic E-state index is 12.7. The molecule has 2 amide bonds. The van der Waals surface area contributed by atoms with Crippen molar-refractivity contribution in [3.8, 4) is 5.69 Å². The summed E-state index contributed by atoms with van der Waals surface area (Å²) in [4.78, 5) is 25.0. The third-order valence-electron chi connectivity index (χ3n) is 5.13. The zero-order chi connectivity index (χ0) is 24.8. The van der Waals surface area contributed by atoms with Crippen molar-refractivity contribution < 1.29 is 18.0 Å². The van der Waals surface area contributed by atoms with Crippen molar-refractivity contribution >= 4 is 21.8 Å². The number of nitrogens with one attached hydrogen (secondary N) is 3. The normalized spacial score (nSPS) is 11.1. The number of nitrogens with zero attached hydrogens (tertiary/aromatic N) is 2. The first-order valence-electron chi connectivity index (χ1n) is 10.7. The lowest BCUT2D eigenvalue weighted by atomic mass is 10.2. The second-order valence-electron chi connectivity index (χ2n) is 7.66. The second kappa shape index (κ2) is 10.3. The first-order chi connectivity index (χ1) is 16.8. The Morgan fingerprint density at radius 3 is 2.20 bits per heavy atom. The first kappa shape index (κ1) is 23.9. The number of hydrogen-bond donors (Lipinski definition) is 3. The lowest BCUT2D eigenvalue weighted by Gasteiger charge is -2.09. The van der Waals surface area contributed by atoms with E-state index in [4.69, 9.17) is 0 Å². The van der Waals surface area contributed by atoms with Gasteiger partial charge < -0.3 is 0 Å². The molecule has 0 spiro atoms. The number of aromatic nitrogens is 2. The van der Waals surface area contributed by atoms with Crippen LogP contribution in [0.4, 0.5) is 0 Å². The van der Waals surface area contributed by atoms with Crippen molar-refractivity contribution in [2.45, 2.75) is 18.4 Å². The van der Waals surface area contributed by atoms with Crippen LogP contribution in [0.5, 0.6) is 0 Å². The Balaban J connectivity index is 1.40. The number of rotatable bonds is 7. The minimum absolute atomic E-state index is 0.0652. The molecule has 0 bridgehead atoms. The predicted molar refractivity (Wildman–Crippen MR) is 130 cm³/mol. The number of sulfonamides is 1. The van der Waals surface area contributed by atoms with Gasteiger partial charge in [-0.05, 0) is 48.9 Å². The van der Waals surface area contributed by atoms with E-state index in [1.54, 1.807) is 22.9 Å². The van der Waals surface area contributed by atoms with Crippen LogP contribution in [-0.2, 0) is 16.6 Å². The number of carbonyl (C=O) groups excluding carboxylic acids is 2. The molecule has 35 heavy (non-hydrogen) atoms. The van der Waals surface area contributed by atoms with Crippen molar-refractivity contribution in [3.63, 3.8) is 0 Å². The molecule has 0 saturated carbocycles. The van der Waals surface area contributed by atoms with E-state index in [-0.39, 0.29) is 22.7 Å². The minimum Gasteiger partial charge on any atom is -0.267 e. The van der Waals surface area contributed by atoms with Gasteiger partial charge in [-0.15, -0.1) is 0 Å². The predicted octanol–water partition coefficient (Wildman–Crippen LogP) is 2.73. The topological polar surface area (TPSA) is 122 Å². The third-order valence-corrected chi connectivity index (χ3v) is 6.52. The molecule has 0 atom stereocenters. The molecule has 0 aliphatic rings. The van der Waals surface area contributed by atoms with Gasteiger partial charge in [0.2, 0.25) is 10.0 Å². The average molecular weight is 490 g/mol. The van der Waals surface area contributed by atoms with E-state index in [1.807, 2.05) is 55.5 Å². The van der Waals surface area contributed by atoms with E-state index in [9.17, 15) is 18.0 Å². The molecule has 1 heterocycles. The number of hydrazine groups is 1. The van der Waals surface area contributed by atoms with Crippen molar-refractivity contribution in [1.29, 1.82) is 0 Å². The molecule has 0 saturated heterocycles. The van der Waals surface area contributed by atoms with Gasteiger partial charge in [0, 0.05) is 17.8 Å². The van der Waals surface area contributed by atoms with E-state index < -0.39 is 21.8 Å². The Morgan fingerprint density at radius 1 is 0.829 bits per heavy atom. The van der Waals surface area contributed by atoms with Gasteiger partial charge in [-0.2, -0.15) is 5.10 Å². The summed E-state index contributed by atoms with van der Waals surface area (Å²) in [6, 6.07) is 25.5. The summed E-state index contributed by atoms with van der Waals surface area (Å²) in [6.45, 7) is 1.93. The molecule has 4 rings (SSSR count). The number of hydrogen-bond acceptors (Lipinski definition) is 5. The third kappa shape index (κ3) is 5.81. The SMILES string of the molecule is Cc1cc(C(=O)NNC(=O)c2cccc(S(=O)(=O)NCc3ccccc3)c2)nn1-c1ccccc1. The summed E-state index contributed by atoms with van der Waals surface area (Å²) in [5.41, 5.74) is 7.15. The lowest BCUT2D eigenvalue weighted by Crippen LogP contribution is -2.41. The second-order valence-corrected chi connectivity index (χ2v) is 9.43. The smallest absolute Gasteiger partial charge is 0.267 e. The summed E-state index contributed by atoms with van der Waals surface area (Å²) in [5, 5.41) is 4.29. The molecule has 0 aliphatic carbocycles. The van der Waals surface area contributed by atoms with Gasteiger partial charge in [-0.1, -0.05) is 54.6 Å². The highest BCUT2D eigenvalue weighted by atomic mass is 32.2. The molecule has 0 unspecified atom stereocenters. The number of amides is 2. The van der Waals surface area contributed by atoms with Crippen LogP contribution in [0, 0.1) is 6.92 Å². The van der Waals surface area contributed by atoms with E-state index >= 15 is 0 Å². The van der Waals surface area contributed by atoms with Gasteiger partial charge in [0.25, 0.3) is 11.8 Å². The van der Waals surface area contributed by atoms with Crippen LogP contribution in [0.25, 0.3) is 5.69 Å². The highest BCUT2D eigenvalue weighted by molar-refractivity contribution is 7.89. The maximum absolute atomic E-state index is 12.7. The number of para-hydroxylation sites is 1. The summed E-state index contributed by atoms with van der Waals surface area (Å²) in [5.74, 6) is -1.28. The molecule has 1 aromatic heterocycles. The molecule has 3 N–H and O–H groups in total.